The number of benzene rings is 1. The lowest BCUT2D eigenvalue weighted by atomic mass is 10.3. The fraction of sp³-hybridized carbons (Fsp3) is 0.294. The highest BCUT2D eigenvalue weighted by atomic mass is 32.2. The summed E-state index contributed by atoms with van der Waals surface area (Å²) in [4.78, 5) is 29.2. The number of fused-ring (bicyclic) bond motifs is 1. The molecule has 0 bridgehead atoms. The van der Waals surface area contributed by atoms with Crippen LogP contribution in [-0.4, -0.2) is 37.3 Å². The maximum atomic E-state index is 12.1. The van der Waals surface area contributed by atoms with Crippen LogP contribution in [0, 0.1) is 6.92 Å². The summed E-state index contributed by atoms with van der Waals surface area (Å²) in [6.07, 6.45) is 4.61. The average molecular weight is 374 g/mol. The van der Waals surface area contributed by atoms with E-state index in [-0.39, 0.29) is 11.7 Å². The molecule has 0 aliphatic heterocycles. The molecule has 2 heterocycles. The van der Waals surface area contributed by atoms with Crippen molar-refractivity contribution >= 4 is 46.4 Å². The van der Waals surface area contributed by atoms with Crippen LogP contribution in [0.1, 0.15) is 18.9 Å². The predicted molar refractivity (Wildman–Crippen MR) is 103 cm³/mol. The molecule has 3 aromatic rings. The van der Waals surface area contributed by atoms with E-state index < -0.39 is 0 Å². The van der Waals surface area contributed by atoms with Crippen molar-refractivity contribution in [2.45, 2.75) is 30.3 Å². The molecule has 8 heteroatoms. The average Bonchev–Trinajstić information content (AvgIpc) is 3.00. The quantitative estimate of drug-likeness (QED) is 0.483. The first-order chi connectivity index (χ1) is 12.1. The van der Waals surface area contributed by atoms with Crippen LogP contribution in [-0.2, 0) is 4.79 Å². The zero-order valence-corrected chi connectivity index (χ0v) is 15.7. The molecule has 0 radical (unpaired) electrons. The fourth-order valence-electron chi connectivity index (χ4n) is 2.11. The second-order valence-corrected chi connectivity index (χ2v) is 7.60. The van der Waals surface area contributed by atoms with Gasteiger partial charge in [0.2, 0.25) is 11.9 Å². The summed E-state index contributed by atoms with van der Waals surface area (Å²) in [6.45, 7) is 4.09. The molecule has 0 saturated carbocycles. The van der Waals surface area contributed by atoms with Gasteiger partial charge in [0.25, 0.3) is 0 Å². The summed E-state index contributed by atoms with van der Waals surface area (Å²) in [5.41, 5.74) is 2.75. The summed E-state index contributed by atoms with van der Waals surface area (Å²) >= 11 is 3.11. The van der Waals surface area contributed by atoms with E-state index in [4.69, 9.17) is 0 Å². The Morgan fingerprint density at radius 2 is 2.04 bits per heavy atom. The Balaban J connectivity index is 1.59. The first-order valence-electron chi connectivity index (χ1n) is 7.98. The summed E-state index contributed by atoms with van der Waals surface area (Å²) in [6, 6.07) is 6.08. The van der Waals surface area contributed by atoms with E-state index in [9.17, 15) is 4.79 Å². The molecule has 6 nitrogen and oxygen atoms in total. The monoisotopic (exact) mass is 373 g/mol. The molecule has 0 spiro atoms. The summed E-state index contributed by atoms with van der Waals surface area (Å²) < 4.78 is 0. The third kappa shape index (κ3) is 4.96. The van der Waals surface area contributed by atoms with Gasteiger partial charge in [-0.2, -0.15) is 0 Å². The molecular formula is C17H19N5OS2. The molecule has 1 aromatic carbocycles. The Kier molecular flexibility index (Phi) is 5.93. The third-order valence-electron chi connectivity index (χ3n) is 3.27. The normalized spacial score (nSPS) is 11.0. The van der Waals surface area contributed by atoms with Gasteiger partial charge in [-0.05, 0) is 42.9 Å². The van der Waals surface area contributed by atoms with Crippen LogP contribution in [0.3, 0.4) is 0 Å². The number of anilines is 1. The minimum atomic E-state index is -0.145. The van der Waals surface area contributed by atoms with E-state index in [1.165, 1.54) is 16.7 Å². The number of nitrogens with one attached hydrogen (secondary N) is 2. The second kappa shape index (κ2) is 8.35. The molecule has 1 amide bonds. The van der Waals surface area contributed by atoms with Gasteiger partial charge in [-0.3, -0.25) is 10.1 Å². The van der Waals surface area contributed by atoms with Crippen LogP contribution < -0.4 is 5.32 Å². The Bertz CT molecular complexity index is 863. The molecule has 0 fully saturated rings. The number of H-pyrrole nitrogens is 1. The van der Waals surface area contributed by atoms with Crippen molar-refractivity contribution in [1.82, 2.24) is 19.9 Å². The first kappa shape index (κ1) is 17.8. The Labute approximate surface area is 154 Å². The van der Waals surface area contributed by atoms with Gasteiger partial charge in [-0.15, -0.1) is 11.8 Å². The number of carbonyl (C=O) groups is 1. The molecule has 0 saturated heterocycles. The molecule has 0 unspecified atom stereocenters. The minimum absolute atomic E-state index is 0.145. The van der Waals surface area contributed by atoms with Gasteiger partial charge in [-0.25, -0.2) is 15.0 Å². The lowest BCUT2D eigenvalue weighted by Gasteiger charge is -2.01. The minimum Gasteiger partial charge on any atom is -0.324 e. The molecule has 130 valence electrons. The number of rotatable bonds is 7. The number of carbonyl (C=O) groups excluding carboxylic acids is 1. The predicted octanol–water partition coefficient (Wildman–Crippen LogP) is 3.89. The molecule has 2 N–H and O–H groups in total. The number of nitrogens with zero attached hydrogens (tertiary/aromatic N) is 3. The number of thioether (sulfide) groups is 2. The number of imidazole rings is 1. The smallest absolute Gasteiger partial charge is 0.237 e. The standard InChI is InChI=1S/C17H19N5OS2/c1-3-6-24-12-4-5-13-14(7-12)21-16(20-13)22-15(23)10-25-17-18-8-11(2)9-19-17/h4-5,7-9H,3,6,10H2,1-2H3,(H2,20,21,22,23). The molecular weight excluding hydrogens is 354 g/mol. The molecule has 0 atom stereocenters. The van der Waals surface area contributed by atoms with Gasteiger partial charge < -0.3 is 4.98 Å². The van der Waals surface area contributed by atoms with Crippen LogP contribution in [0.15, 0.2) is 40.6 Å². The highest BCUT2D eigenvalue weighted by Gasteiger charge is 2.09. The van der Waals surface area contributed by atoms with E-state index in [2.05, 4.69) is 44.3 Å². The topological polar surface area (TPSA) is 83.6 Å². The molecule has 25 heavy (non-hydrogen) atoms. The first-order valence-corrected chi connectivity index (χ1v) is 9.95. The van der Waals surface area contributed by atoms with Crippen LogP contribution in [0.4, 0.5) is 5.95 Å². The fourth-order valence-corrected chi connectivity index (χ4v) is 3.50. The number of aromatic nitrogens is 4. The number of hydrogen-bond donors (Lipinski definition) is 2. The van der Waals surface area contributed by atoms with Crippen LogP contribution in [0.25, 0.3) is 11.0 Å². The zero-order valence-electron chi connectivity index (χ0n) is 14.1. The van der Waals surface area contributed by atoms with Crippen molar-refractivity contribution < 1.29 is 4.79 Å². The molecule has 2 aromatic heterocycles. The second-order valence-electron chi connectivity index (χ2n) is 5.49. The van der Waals surface area contributed by atoms with Gasteiger partial charge in [0, 0.05) is 17.3 Å². The summed E-state index contributed by atoms with van der Waals surface area (Å²) in [5.74, 6) is 1.64. The Hall–Kier alpha value is -2.06. The van der Waals surface area contributed by atoms with E-state index in [1.807, 2.05) is 24.8 Å². The van der Waals surface area contributed by atoms with Gasteiger partial charge >= 0.3 is 0 Å². The number of aryl methyl sites for hydroxylation is 1. The van der Waals surface area contributed by atoms with Crippen LogP contribution in [0.2, 0.25) is 0 Å². The molecule has 3 rings (SSSR count). The number of amides is 1. The van der Waals surface area contributed by atoms with Crippen molar-refractivity contribution in [3.8, 4) is 0 Å². The maximum Gasteiger partial charge on any atom is 0.237 e. The Morgan fingerprint density at radius 1 is 1.24 bits per heavy atom. The summed E-state index contributed by atoms with van der Waals surface area (Å²) in [5, 5.41) is 3.37. The molecule has 0 aliphatic carbocycles. The summed E-state index contributed by atoms with van der Waals surface area (Å²) in [7, 11) is 0. The van der Waals surface area contributed by atoms with Crippen molar-refractivity contribution in [2.75, 3.05) is 16.8 Å². The van der Waals surface area contributed by atoms with Crippen molar-refractivity contribution in [3.05, 3.63) is 36.2 Å². The van der Waals surface area contributed by atoms with Gasteiger partial charge in [0.05, 0.1) is 16.8 Å². The Morgan fingerprint density at radius 3 is 2.80 bits per heavy atom. The van der Waals surface area contributed by atoms with E-state index in [0.717, 1.165) is 28.8 Å². The van der Waals surface area contributed by atoms with Crippen molar-refractivity contribution in [3.63, 3.8) is 0 Å². The van der Waals surface area contributed by atoms with Gasteiger partial charge in [0.1, 0.15) is 0 Å². The highest BCUT2D eigenvalue weighted by molar-refractivity contribution is 7.99. The van der Waals surface area contributed by atoms with E-state index in [0.29, 0.717) is 11.1 Å². The van der Waals surface area contributed by atoms with Gasteiger partial charge in [-0.1, -0.05) is 18.7 Å². The van der Waals surface area contributed by atoms with Crippen molar-refractivity contribution in [1.29, 1.82) is 0 Å². The van der Waals surface area contributed by atoms with Gasteiger partial charge in [0.15, 0.2) is 5.16 Å². The van der Waals surface area contributed by atoms with E-state index >= 15 is 0 Å². The maximum absolute atomic E-state index is 12.1. The van der Waals surface area contributed by atoms with Crippen LogP contribution in [0.5, 0.6) is 0 Å². The number of aromatic amines is 1. The van der Waals surface area contributed by atoms with E-state index in [1.54, 1.807) is 12.4 Å². The SMILES string of the molecule is CCCSc1ccc2nc(NC(=O)CSc3ncc(C)cn3)[nH]c2c1. The zero-order chi connectivity index (χ0) is 17.6. The van der Waals surface area contributed by atoms with Crippen molar-refractivity contribution in [2.24, 2.45) is 0 Å². The lowest BCUT2D eigenvalue weighted by Crippen LogP contribution is -2.15. The largest absolute Gasteiger partial charge is 0.324 e. The molecule has 0 aliphatic rings. The highest BCUT2D eigenvalue weighted by Crippen LogP contribution is 2.24. The number of hydrogen-bond acceptors (Lipinski definition) is 6. The third-order valence-corrected chi connectivity index (χ3v) is 5.35. The van der Waals surface area contributed by atoms with Crippen LogP contribution >= 0.6 is 23.5 Å². The lowest BCUT2D eigenvalue weighted by molar-refractivity contribution is -0.113.